The van der Waals surface area contributed by atoms with Crippen LogP contribution in [0.5, 0.6) is 0 Å². The second kappa shape index (κ2) is 11.1. The predicted molar refractivity (Wildman–Crippen MR) is 153 cm³/mol. The van der Waals surface area contributed by atoms with Crippen LogP contribution in [0.15, 0.2) is 55.0 Å². The van der Waals surface area contributed by atoms with Crippen LogP contribution in [0.2, 0.25) is 18.1 Å². The zero-order valence-corrected chi connectivity index (χ0v) is 24.9. The van der Waals surface area contributed by atoms with Gasteiger partial charge in [-0.2, -0.15) is 0 Å². The van der Waals surface area contributed by atoms with Crippen molar-refractivity contribution in [3.05, 3.63) is 60.6 Å². The third-order valence-electron chi connectivity index (χ3n) is 8.61. The highest BCUT2D eigenvalue weighted by molar-refractivity contribution is 6.74. The van der Waals surface area contributed by atoms with Crippen molar-refractivity contribution in [2.45, 2.75) is 109 Å². The van der Waals surface area contributed by atoms with Crippen LogP contribution in [-0.4, -0.2) is 33.2 Å². The fourth-order valence-electron chi connectivity index (χ4n) is 4.39. The Morgan fingerprint density at radius 3 is 2.14 bits per heavy atom. The van der Waals surface area contributed by atoms with Crippen LogP contribution in [0, 0.1) is 5.92 Å². The molecule has 0 amide bonds. The molecule has 1 aliphatic heterocycles. The number of nitrogens with two attached hydrogens (primary N) is 1. The monoisotopic (exact) mass is 499 g/mol. The number of hydrogen-bond donors (Lipinski definition) is 1. The second-order valence-corrected chi connectivity index (χ2v) is 17.5. The Kier molecular flexibility index (Phi) is 9.49. The standard InChI is InChI=1S/C29H50BNO3Si/c1-12-13-17-21-29(31,24-18-15-14-16-19-24)25(20-22-32-35(10,11)26(3,4)5)23(2)30-33-27(6,7)28(8,9)34-30/h12,14-16,18-19,25H,1-2,13,17,20-22,31H2,3-11H3/t25-,29-/m0/s1. The molecule has 0 radical (unpaired) electrons. The Labute approximate surface area is 217 Å². The molecule has 1 fully saturated rings. The molecule has 1 aliphatic rings. The molecule has 196 valence electrons. The van der Waals surface area contributed by atoms with Crippen molar-refractivity contribution >= 4 is 15.4 Å². The van der Waals surface area contributed by atoms with E-state index in [4.69, 9.17) is 19.5 Å². The number of benzene rings is 1. The largest absolute Gasteiger partial charge is 0.490 e. The first kappa shape index (κ1) is 30.0. The van der Waals surface area contributed by atoms with Gasteiger partial charge in [0.25, 0.3) is 0 Å². The van der Waals surface area contributed by atoms with Crippen molar-refractivity contribution in [1.29, 1.82) is 0 Å². The smallest absolute Gasteiger partial charge is 0.417 e. The second-order valence-electron chi connectivity index (χ2n) is 12.7. The van der Waals surface area contributed by atoms with Gasteiger partial charge >= 0.3 is 7.12 Å². The molecule has 0 saturated carbocycles. The van der Waals surface area contributed by atoms with Gasteiger partial charge in [-0.1, -0.05) is 57.2 Å². The number of unbranched alkanes of at least 4 members (excludes halogenated alkanes) is 1. The van der Waals surface area contributed by atoms with Gasteiger partial charge in [-0.3, -0.25) is 0 Å². The third-order valence-corrected chi connectivity index (χ3v) is 13.1. The highest BCUT2D eigenvalue weighted by Gasteiger charge is 2.54. The number of allylic oxidation sites excluding steroid dienone is 1. The summed E-state index contributed by atoms with van der Waals surface area (Å²) >= 11 is 0. The average molecular weight is 500 g/mol. The summed E-state index contributed by atoms with van der Waals surface area (Å²) in [5.41, 5.74) is 7.91. The maximum absolute atomic E-state index is 7.39. The van der Waals surface area contributed by atoms with Crippen LogP contribution in [0.3, 0.4) is 0 Å². The minimum atomic E-state index is -1.90. The van der Waals surface area contributed by atoms with Gasteiger partial charge in [0.05, 0.1) is 11.2 Å². The fourth-order valence-corrected chi connectivity index (χ4v) is 5.45. The van der Waals surface area contributed by atoms with Crippen molar-refractivity contribution in [3.8, 4) is 0 Å². The van der Waals surface area contributed by atoms with Gasteiger partial charge < -0.3 is 19.5 Å². The summed E-state index contributed by atoms with van der Waals surface area (Å²) in [6, 6.07) is 10.4. The summed E-state index contributed by atoms with van der Waals surface area (Å²) in [6.07, 6.45) is 5.40. The lowest BCUT2D eigenvalue weighted by Crippen LogP contribution is -2.49. The van der Waals surface area contributed by atoms with Crippen molar-refractivity contribution in [2.24, 2.45) is 11.7 Å². The summed E-state index contributed by atoms with van der Waals surface area (Å²) in [5, 5.41) is 0.147. The minimum Gasteiger partial charge on any atom is -0.417 e. The topological polar surface area (TPSA) is 53.7 Å². The van der Waals surface area contributed by atoms with Crippen LogP contribution in [0.25, 0.3) is 0 Å². The normalized spacial score (nSPS) is 20.3. The molecular weight excluding hydrogens is 449 g/mol. The summed E-state index contributed by atoms with van der Waals surface area (Å²) in [5.74, 6) is -0.0748. The molecule has 2 N–H and O–H groups in total. The Hall–Kier alpha value is -1.18. The summed E-state index contributed by atoms with van der Waals surface area (Å²) in [4.78, 5) is 0. The molecule has 0 spiro atoms. The van der Waals surface area contributed by atoms with Crippen molar-refractivity contribution < 1.29 is 13.7 Å². The molecule has 2 rings (SSSR count). The molecular formula is C29H50BNO3Si. The maximum atomic E-state index is 7.39. The first-order valence-corrected chi connectivity index (χ1v) is 16.0. The van der Waals surface area contributed by atoms with Crippen molar-refractivity contribution in [1.82, 2.24) is 0 Å². The molecule has 1 aromatic carbocycles. The van der Waals surface area contributed by atoms with Gasteiger partial charge in [-0.25, -0.2) is 0 Å². The number of rotatable bonds is 12. The van der Waals surface area contributed by atoms with Gasteiger partial charge in [0, 0.05) is 18.1 Å². The highest BCUT2D eigenvalue weighted by Crippen LogP contribution is 2.45. The predicted octanol–water partition coefficient (Wildman–Crippen LogP) is 7.41. The Balaban J connectivity index is 2.44. The van der Waals surface area contributed by atoms with Gasteiger partial charge in [-0.05, 0) is 82.5 Å². The van der Waals surface area contributed by atoms with E-state index in [1.807, 2.05) is 12.1 Å². The Morgan fingerprint density at radius 1 is 1.11 bits per heavy atom. The van der Waals surface area contributed by atoms with E-state index >= 15 is 0 Å². The van der Waals surface area contributed by atoms with Crippen molar-refractivity contribution in [3.63, 3.8) is 0 Å². The lowest BCUT2D eigenvalue weighted by molar-refractivity contribution is 0.00578. The lowest BCUT2D eigenvalue weighted by atomic mass is 9.61. The van der Waals surface area contributed by atoms with Crippen LogP contribution in [0.1, 0.15) is 79.7 Å². The van der Waals surface area contributed by atoms with Crippen LogP contribution in [0.4, 0.5) is 0 Å². The van der Waals surface area contributed by atoms with Crippen LogP contribution >= 0.6 is 0 Å². The molecule has 6 heteroatoms. The van der Waals surface area contributed by atoms with E-state index in [0.717, 1.165) is 36.7 Å². The zero-order chi connectivity index (χ0) is 26.7. The molecule has 0 aromatic heterocycles. The molecule has 0 bridgehead atoms. The summed E-state index contributed by atoms with van der Waals surface area (Å²) in [7, 11) is -2.41. The molecule has 2 atom stereocenters. The molecule has 1 saturated heterocycles. The summed E-state index contributed by atoms with van der Waals surface area (Å²) in [6.45, 7) is 28.8. The minimum absolute atomic E-state index is 0.0748. The van der Waals surface area contributed by atoms with E-state index in [1.165, 1.54) is 0 Å². The van der Waals surface area contributed by atoms with Gasteiger partial charge in [-0.15, -0.1) is 13.2 Å². The number of hydrogen-bond acceptors (Lipinski definition) is 4. The molecule has 4 nitrogen and oxygen atoms in total. The molecule has 0 aliphatic carbocycles. The lowest BCUT2D eigenvalue weighted by Gasteiger charge is -2.42. The quantitative estimate of drug-likeness (QED) is 0.185. The van der Waals surface area contributed by atoms with Gasteiger partial charge in [0.15, 0.2) is 8.32 Å². The molecule has 35 heavy (non-hydrogen) atoms. The molecule has 1 aromatic rings. The Morgan fingerprint density at radius 2 is 1.66 bits per heavy atom. The van der Waals surface area contributed by atoms with Crippen LogP contribution < -0.4 is 5.73 Å². The van der Waals surface area contributed by atoms with E-state index in [9.17, 15) is 0 Å². The van der Waals surface area contributed by atoms with Crippen LogP contribution in [-0.2, 0) is 19.3 Å². The van der Waals surface area contributed by atoms with Gasteiger partial charge in [0.2, 0.25) is 0 Å². The van der Waals surface area contributed by atoms with E-state index in [-0.39, 0.29) is 11.0 Å². The maximum Gasteiger partial charge on any atom is 0.490 e. The van der Waals surface area contributed by atoms with Gasteiger partial charge in [0.1, 0.15) is 0 Å². The third kappa shape index (κ3) is 6.78. The van der Waals surface area contributed by atoms with E-state index in [0.29, 0.717) is 6.61 Å². The van der Waals surface area contributed by atoms with E-state index < -0.39 is 32.2 Å². The average Bonchev–Trinajstić information content (AvgIpc) is 2.97. The molecule has 0 unspecified atom stereocenters. The Bertz CT molecular complexity index is 846. The first-order chi connectivity index (χ1) is 16.0. The first-order valence-electron chi connectivity index (χ1n) is 13.1. The summed E-state index contributed by atoms with van der Waals surface area (Å²) < 4.78 is 19.5. The zero-order valence-electron chi connectivity index (χ0n) is 23.9. The fraction of sp³-hybridized carbons (Fsp3) is 0.655. The van der Waals surface area contributed by atoms with Crippen molar-refractivity contribution in [2.75, 3.05) is 6.61 Å². The SMILES string of the molecule is C=CCCC[C@](N)(c1ccccc1)[C@@H](CCO[Si](C)(C)C(C)(C)C)C(=C)B1OC(C)(C)C(C)(C)O1. The molecule has 1 heterocycles. The van der Waals surface area contributed by atoms with E-state index in [1.54, 1.807) is 0 Å². The van der Waals surface area contributed by atoms with E-state index in [2.05, 4.69) is 99.0 Å². The highest BCUT2D eigenvalue weighted by atomic mass is 28.4.